The zero-order valence-electron chi connectivity index (χ0n) is 12.4. The van der Waals surface area contributed by atoms with Crippen molar-refractivity contribution >= 4 is 17.3 Å². The van der Waals surface area contributed by atoms with Crippen molar-refractivity contribution in [3.63, 3.8) is 0 Å². The molecule has 0 fully saturated rings. The van der Waals surface area contributed by atoms with Crippen LogP contribution in [0.25, 0.3) is 0 Å². The predicted molar refractivity (Wildman–Crippen MR) is 79.3 cm³/mol. The van der Waals surface area contributed by atoms with Gasteiger partial charge >= 0.3 is 5.97 Å². The van der Waals surface area contributed by atoms with Crippen LogP contribution in [0.4, 0.5) is 0 Å². The molecule has 0 aliphatic rings. The molecule has 1 heterocycles. The number of hydrogen-bond acceptors (Lipinski definition) is 5. The Morgan fingerprint density at radius 2 is 2.05 bits per heavy atom. The predicted octanol–water partition coefficient (Wildman–Crippen LogP) is 2.13. The molecule has 0 spiro atoms. The van der Waals surface area contributed by atoms with E-state index in [-0.39, 0.29) is 18.4 Å². The van der Waals surface area contributed by atoms with Crippen LogP contribution in [0.15, 0.2) is 24.5 Å². The lowest BCUT2D eigenvalue weighted by atomic mass is 10.1. The fourth-order valence-corrected chi connectivity index (χ4v) is 2.35. The van der Waals surface area contributed by atoms with E-state index in [1.807, 2.05) is 20.8 Å². The fraction of sp³-hybridized carbons (Fsp3) is 0.571. The molecule has 1 aromatic rings. The van der Waals surface area contributed by atoms with Gasteiger partial charge in [0, 0.05) is 23.8 Å². The first-order valence-electron chi connectivity index (χ1n) is 6.58. The second-order valence-electron chi connectivity index (χ2n) is 5.34. The van der Waals surface area contributed by atoms with Gasteiger partial charge in [0.25, 0.3) is 0 Å². The number of nitrogens with zero attached hydrogens (tertiary/aromatic N) is 1. The molecule has 0 bridgehead atoms. The lowest BCUT2D eigenvalue weighted by Gasteiger charge is -2.27. The first-order valence-corrected chi connectivity index (χ1v) is 7.73. The minimum Gasteiger partial charge on any atom is -0.598 e. The van der Waals surface area contributed by atoms with Crippen LogP contribution < -0.4 is 4.72 Å². The van der Waals surface area contributed by atoms with Gasteiger partial charge in [-0.25, -0.2) is 0 Å². The molecule has 6 heteroatoms. The smallest absolute Gasteiger partial charge is 0.307 e. The van der Waals surface area contributed by atoms with Gasteiger partial charge in [0.1, 0.15) is 4.75 Å². The van der Waals surface area contributed by atoms with Gasteiger partial charge in [-0.3, -0.25) is 9.78 Å². The Hall–Kier alpha value is -1.11. The molecule has 1 aromatic heterocycles. The van der Waals surface area contributed by atoms with Gasteiger partial charge in [0.15, 0.2) is 0 Å². The summed E-state index contributed by atoms with van der Waals surface area (Å²) in [5, 5.41) is 0. The molecule has 112 valence electrons. The first-order chi connectivity index (χ1) is 9.34. The summed E-state index contributed by atoms with van der Waals surface area (Å²) in [6, 6.07) is 3.25. The van der Waals surface area contributed by atoms with Crippen molar-refractivity contribution in [2.24, 2.45) is 0 Å². The molecule has 5 nitrogen and oxygen atoms in total. The molecule has 0 saturated carbocycles. The third-order valence-corrected chi connectivity index (χ3v) is 4.20. The van der Waals surface area contributed by atoms with Crippen LogP contribution in [0, 0.1) is 0 Å². The summed E-state index contributed by atoms with van der Waals surface area (Å²) in [6.45, 7) is 7.74. The van der Waals surface area contributed by atoms with E-state index in [1.165, 1.54) is 0 Å². The number of hydrogen-bond donors (Lipinski definition) is 1. The van der Waals surface area contributed by atoms with Crippen LogP contribution in [0.2, 0.25) is 0 Å². The van der Waals surface area contributed by atoms with Gasteiger partial charge in [-0.15, -0.1) is 4.72 Å². The number of ether oxygens (including phenoxy) is 1. The van der Waals surface area contributed by atoms with Gasteiger partial charge in [-0.05, 0) is 45.4 Å². The molecule has 0 amide bonds. The fourth-order valence-electron chi connectivity index (χ4n) is 1.52. The normalized spacial score (nSPS) is 14.7. The molecule has 20 heavy (non-hydrogen) atoms. The van der Waals surface area contributed by atoms with E-state index in [9.17, 15) is 9.35 Å². The SMILES string of the molecule is CCOC(=O)CC(N[S+]([O-])C(C)(C)C)c1ccncc1. The summed E-state index contributed by atoms with van der Waals surface area (Å²) in [5.74, 6) is -0.312. The standard InChI is InChI=1S/C14H22N2O3S/c1-5-19-13(17)10-12(11-6-8-15-9-7-11)16-20(18)14(2,3)4/h6-9,12,16H,5,10H2,1-4H3. The Labute approximate surface area is 123 Å². The summed E-state index contributed by atoms with van der Waals surface area (Å²) in [6.07, 6.45) is 3.43. The molecule has 0 aromatic carbocycles. The largest absolute Gasteiger partial charge is 0.598 e. The second kappa shape index (κ2) is 7.61. The van der Waals surface area contributed by atoms with E-state index in [0.717, 1.165) is 5.56 Å². The van der Waals surface area contributed by atoms with Crippen LogP contribution in [0.1, 0.15) is 45.7 Å². The van der Waals surface area contributed by atoms with Gasteiger partial charge in [-0.1, -0.05) is 0 Å². The number of pyridine rings is 1. The van der Waals surface area contributed by atoms with Crippen molar-refractivity contribution in [3.8, 4) is 0 Å². The molecule has 2 unspecified atom stereocenters. The molecule has 1 rings (SSSR count). The lowest BCUT2D eigenvalue weighted by molar-refractivity contribution is -0.143. The average Bonchev–Trinajstić information content (AvgIpc) is 2.38. The van der Waals surface area contributed by atoms with E-state index in [0.29, 0.717) is 6.61 Å². The van der Waals surface area contributed by atoms with Crippen molar-refractivity contribution in [1.29, 1.82) is 0 Å². The maximum atomic E-state index is 12.2. The molecule has 2 atom stereocenters. The number of esters is 1. The summed E-state index contributed by atoms with van der Waals surface area (Å²) in [4.78, 5) is 15.6. The summed E-state index contributed by atoms with van der Waals surface area (Å²) in [5.41, 5.74) is 0.866. The Bertz CT molecular complexity index is 420. The Morgan fingerprint density at radius 3 is 2.55 bits per heavy atom. The number of carbonyl (C=O) groups is 1. The zero-order chi connectivity index (χ0) is 15.2. The topological polar surface area (TPSA) is 74.3 Å². The van der Waals surface area contributed by atoms with E-state index in [2.05, 4.69) is 9.71 Å². The van der Waals surface area contributed by atoms with Gasteiger partial charge in [0.2, 0.25) is 0 Å². The van der Waals surface area contributed by atoms with E-state index < -0.39 is 16.1 Å². The van der Waals surface area contributed by atoms with Crippen molar-refractivity contribution in [2.45, 2.75) is 44.9 Å². The third kappa shape index (κ3) is 5.48. The van der Waals surface area contributed by atoms with Crippen LogP contribution in [0.5, 0.6) is 0 Å². The number of rotatable bonds is 6. The molecular formula is C14H22N2O3S. The van der Waals surface area contributed by atoms with E-state index in [1.54, 1.807) is 31.5 Å². The monoisotopic (exact) mass is 298 g/mol. The van der Waals surface area contributed by atoms with Crippen molar-refractivity contribution in [3.05, 3.63) is 30.1 Å². The Morgan fingerprint density at radius 1 is 1.45 bits per heavy atom. The highest BCUT2D eigenvalue weighted by Gasteiger charge is 2.31. The molecule has 0 radical (unpaired) electrons. The number of aromatic nitrogens is 1. The van der Waals surface area contributed by atoms with Gasteiger partial charge < -0.3 is 9.29 Å². The van der Waals surface area contributed by atoms with Gasteiger partial charge in [0.05, 0.1) is 19.1 Å². The van der Waals surface area contributed by atoms with Crippen LogP contribution in [-0.4, -0.2) is 26.9 Å². The van der Waals surface area contributed by atoms with Crippen LogP contribution in [-0.2, 0) is 20.9 Å². The molecule has 0 aliphatic heterocycles. The van der Waals surface area contributed by atoms with Crippen molar-refractivity contribution < 1.29 is 14.1 Å². The van der Waals surface area contributed by atoms with Crippen molar-refractivity contribution in [1.82, 2.24) is 9.71 Å². The Balaban J connectivity index is 2.82. The lowest BCUT2D eigenvalue weighted by Crippen LogP contribution is -2.42. The van der Waals surface area contributed by atoms with E-state index >= 15 is 0 Å². The average molecular weight is 298 g/mol. The number of nitrogens with one attached hydrogen (secondary N) is 1. The minimum atomic E-state index is -1.27. The maximum absolute atomic E-state index is 12.2. The van der Waals surface area contributed by atoms with Crippen molar-refractivity contribution in [2.75, 3.05) is 6.61 Å². The quantitative estimate of drug-likeness (QED) is 0.643. The maximum Gasteiger partial charge on any atom is 0.307 e. The molecule has 0 aliphatic carbocycles. The Kier molecular flexibility index (Phi) is 6.45. The van der Waals surface area contributed by atoms with Crippen LogP contribution in [0.3, 0.4) is 0 Å². The summed E-state index contributed by atoms with van der Waals surface area (Å²) < 4.78 is 19.8. The molecule has 1 N–H and O–H groups in total. The highest BCUT2D eigenvalue weighted by Crippen LogP contribution is 2.22. The zero-order valence-corrected chi connectivity index (χ0v) is 13.2. The highest BCUT2D eigenvalue weighted by atomic mass is 32.2. The first kappa shape index (κ1) is 16.9. The van der Waals surface area contributed by atoms with Gasteiger partial charge in [-0.2, -0.15) is 0 Å². The molecule has 0 saturated heterocycles. The van der Waals surface area contributed by atoms with Crippen LogP contribution >= 0.6 is 0 Å². The third-order valence-electron chi connectivity index (χ3n) is 2.59. The number of carbonyl (C=O) groups excluding carboxylic acids is 1. The molecular weight excluding hydrogens is 276 g/mol. The summed E-state index contributed by atoms with van der Waals surface area (Å²) in [7, 11) is 0. The van der Waals surface area contributed by atoms with E-state index in [4.69, 9.17) is 4.74 Å². The summed E-state index contributed by atoms with van der Waals surface area (Å²) >= 11 is -1.27. The highest BCUT2D eigenvalue weighted by molar-refractivity contribution is 7.90. The minimum absolute atomic E-state index is 0.139. The second-order valence-corrected chi connectivity index (χ2v) is 7.34.